The van der Waals surface area contributed by atoms with Crippen LogP contribution in [-0.2, 0) is 0 Å². The lowest BCUT2D eigenvalue weighted by Crippen LogP contribution is -2.56. The van der Waals surface area contributed by atoms with Crippen molar-refractivity contribution in [2.75, 3.05) is 9.62 Å². The monoisotopic (exact) mass is 1670 g/mol. The van der Waals surface area contributed by atoms with Gasteiger partial charge in [-0.1, -0.05) is 345 Å². The van der Waals surface area contributed by atoms with E-state index in [9.17, 15) is 0 Å². The number of para-hydroxylation sites is 2. The summed E-state index contributed by atoms with van der Waals surface area (Å²) in [7, 11) is 0. The molecule has 0 fully saturated rings. The number of allylic oxidation sites excluding steroid dienone is 8. The number of nitrogens with zero attached hydrogens (tertiary/aromatic N) is 6. The van der Waals surface area contributed by atoms with Crippen molar-refractivity contribution in [2.45, 2.75) is 0 Å². The van der Waals surface area contributed by atoms with Gasteiger partial charge in [0, 0.05) is 16.9 Å². The van der Waals surface area contributed by atoms with Crippen molar-refractivity contribution in [2.24, 2.45) is 0 Å². The minimum Gasteiger partial charge on any atom is -0.389 e. The van der Waals surface area contributed by atoms with E-state index in [1.54, 1.807) is 0 Å². The zero-order valence-electron chi connectivity index (χ0n) is 72.6. The van der Waals surface area contributed by atoms with Gasteiger partial charge in [-0.15, -0.1) is 0 Å². The third-order valence-corrected chi connectivity index (χ3v) is 28.1. The highest BCUT2D eigenvalue weighted by Crippen LogP contribution is 2.40. The van der Waals surface area contributed by atoms with Crippen LogP contribution < -0.4 is 47.9 Å². The zero-order chi connectivity index (χ0) is 87.1. The topological polar surface area (TPSA) is 19.4 Å². The first-order valence-corrected chi connectivity index (χ1v) is 46.0. The number of benzene rings is 18. The van der Waals surface area contributed by atoms with Gasteiger partial charge < -0.3 is 28.9 Å². The molecule has 0 amide bonds. The smallest absolute Gasteiger partial charge is 0.328 e. The molecule has 0 radical (unpaired) electrons. The van der Waals surface area contributed by atoms with Crippen LogP contribution in [0.5, 0.6) is 0 Å². The Hall–Kier alpha value is -16.4. The minimum atomic E-state index is 0.279. The molecule has 0 saturated carbocycles. The second kappa shape index (κ2) is 33.0. The second-order valence-corrected chi connectivity index (χ2v) is 35.4. The quantitative estimate of drug-likeness (QED) is 0.0850. The van der Waals surface area contributed by atoms with E-state index >= 15 is 0 Å². The Morgan fingerprint density at radius 1 is 0.167 bits per heavy atom. The van der Waals surface area contributed by atoms with Crippen molar-refractivity contribution in [1.82, 2.24) is 19.2 Å². The van der Waals surface area contributed by atoms with Crippen molar-refractivity contribution >= 4 is 230 Å². The fourth-order valence-electron chi connectivity index (χ4n) is 21.7. The highest BCUT2D eigenvalue weighted by Gasteiger charge is 2.38. The number of rotatable bonds is 0. The van der Waals surface area contributed by atoms with E-state index < -0.39 is 0 Å². The van der Waals surface area contributed by atoms with Crippen LogP contribution in [0.3, 0.4) is 0 Å². The molecule has 0 aromatic heterocycles. The van der Waals surface area contributed by atoms with Crippen LogP contribution in [0.4, 0.5) is 11.4 Å². The summed E-state index contributed by atoms with van der Waals surface area (Å²) in [5.74, 6) is 11.4. The van der Waals surface area contributed by atoms with Gasteiger partial charge in [0.05, 0.1) is 0 Å². The molecule has 6 nitrogen and oxygen atoms in total. The fraction of sp³-hybridized carbons (Fsp3) is 0. The zero-order valence-corrected chi connectivity index (χ0v) is 72.6. The SMILES string of the molecule is C1=CB2c3c(ccc4c3ccc3ccccc34)C=CN2C=C1.C1=CB2c3c(ccc4cc5ccccc5cc34)C=CN2C=C1.C1=CB2c3c(ccc4ccccc34)-c3ccccc3N2C=C1.C1=CB2c3cc4c(ccc5ccccc54)cc3C=CN2C=C1.C1=CN2C=Cc3cc4ccccc4cc3B2c2ccccc21.C1=Cc2ccccc2N2C=Cc3cc4ccccc4cc3B12. The Morgan fingerprint density at radius 2 is 0.591 bits per heavy atom. The molecule has 0 unspecified atom stereocenters. The van der Waals surface area contributed by atoms with Crippen LogP contribution in [0.1, 0.15) is 38.9 Å². The largest absolute Gasteiger partial charge is 0.389 e. The molecule has 12 heteroatoms. The average Bonchev–Trinajstić information content (AvgIpc) is 0.752. The Bertz CT molecular complexity index is 8250. The van der Waals surface area contributed by atoms with Crippen molar-refractivity contribution in [3.63, 3.8) is 0 Å². The van der Waals surface area contributed by atoms with Crippen LogP contribution in [0.25, 0.3) is 151 Å². The van der Waals surface area contributed by atoms with Crippen LogP contribution in [-0.4, -0.2) is 60.3 Å². The molecule has 12 heterocycles. The fourth-order valence-corrected chi connectivity index (χ4v) is 21.7. The maximum atomic E-state index is 2.38. The summed E-state index contributed by atoms with van der Waals surface area (Å²) >= 11 is 0. The third kappa shape index (κ3) is 13.8. The first kappa shape index (κ1) is 77.9. The number of hydrogen-bond acceptors (Lipinski definition) is 6. The summed E-state index contributed by atoms with van der Waals surface area (Å²) < 4.78 is 0. The number of anilines is 2. The van der Waals surface area contributed by atoms with Crippen molar-refractivity contribution in [1.29, 1.82) is 0 Å². The molecule has 12 aliphatic rings. The normalized spacial score (nSPS) is 15.1. The predicted molar refractivity (Wildman–Crippen MR) is 575 cm³/mol. The Labute approximate surface area is 771 Å². The van der Waals surface area contributed by atoms with Gasteiger partial charge in [0.15, 0.2) is 0 Å². The predicted octanol–water partition coefficient (Wildman–Crippen LogP) is 23.8. The van der Waals surface area contributed by atoms with E-state index in [0.29, 0.717) is 27.4 Å². The van der Waals surface area contributed by atoms with Crippen LogP contribution in [0.15, 0.2) is 468 Å². The second-order valence-electron chi connectivity index (χ2n) is 35.4. The maximum absolute atomic E-state index is 2.38. The maximum Gasteiger partial charge on any atom is 0.328 e. The lowest BCUT2D eigenvalue weighted by atomic mass is 9.45. The van der Waals surface area contributed by atoms with Gasteiger partial charge in [-0.2, -0.15) is 0 Å². The standard InChI is InChI=1S/6C20H14BN/c1-2-8-16-15(7-1)11-12-18-17-9-3-4-10-19(17)22-14-6-5-13-21(22)20(16)18;1-2-7-17-14-19-18(13-16(17)6-1)10-12-22-20-8-4-3-5-15(20)9-11-21(19)22;1-2-7-17-14-20-18(13-16(17)6-1)10-12-22-11-9-15-5-3-4-8-19(15)21(20)22;1-2-6-17-15(5-1)7-10-19-18(17)9-8-16-11-14-22-13-4-3-12-21(22)20(16)19;1-2-6-17-14-19-18(13-16(17)5-1)8-7-15-9-12-22-11-4-3-10-21(22)20(15)19;1-2-6-18-15(5-1)7-8-16-13-17-9-12-22-11-4-3-10-21(22)20(17)14-19(16)18/h6*1-14H. The first-order chi connectivity index (χ1) is 65.4. The molecule has 12 aliphatic heterocycles. The average molecular weight is 1670 g/mol. The van der Waals surface area contributed by atoms with E-state index in [0.717, 1.165) is 0 Å². The van der Waals surface area contributed by atoms with Gasteiger partial charge in [-0.05, 0) is 345 Å². The van der Waals surface area contributed by atoms with Crippen LogP contribution in [0.2, 0.25) is 0 Å². The molecule has 18 aromatic carbocycles. The molecule has 18 aromatic rings. The molecule has 0 aliphatic carbocycles. The summed E-state index contributed by atoms with van der Waals surface area (Å²) in [6.07, 6.45) is 54.2. The summed E-state index contributed by atoms with van der Waals surface area (Å²) in [6, 6.07) is 119. The lowest BCUT2D eigenvalue weighted by molar-refractivity contribution is 0.797. The highest BCUT2D eigenvalue weighted by molar-refractivity contribution is 6.87. The molecule has 0 saturated heterocycles. The van der Waals surface area contributed by atoms with Crippen LogP contribution >= 0.6 is 0 Å². The summed E-state index contributed by atoms with van der Waals surface area (Å²) in [5.41, 5.74) is 24.2. The van der Waals surface area contributed by atoms with E-state index in [1.165, 1.54) is 197 Å². The number of hydrogen-bond donors (Lipinski definition) is 0. The summed E-state index contributed by atoms with van der Waals surface area (Å²) in [4.78, 5) is 13.9. The number of fused-ring (bicyclic) bond motifs is 39. The lowest BCUT2D eigenvalue weighted by Gasteiger charge is -2.36. The van der Waals surface area contributed by atoms with E-state index in [1.807, 2.05) is 0 Å². The first-order valence-electron chi connectivity index (χ1n) is 46.0. The molecule has 0 N–H and O–H groups in total. The summed E-state index contributed by atoms with van der Waals surface area (Å²) in [5, 5.41) is 23.8. The van der Waals surface area contributed by atoms with Gasteiger partial charge in [0.25, 0.3) is 0 Å². The molecule has 132 heavy (non-hydrogen) atoms. The molecule has 0 bridgehead atoms. The van der Waals surface area contributed by atoms with E-state index in [4.69, 9.17) is 0 Å². The molecule has 612 valence electrons. The molecular formula is C120H84B6N6. The minimum absolute atomic E-state index is 0.279. The van der Waals surface area contributed by atoms with Gasteiger partial charge in [-0.3, -0.25) is 0 Å². The van der Waals surface area contributed by atoms with Gasteiger partial charge >= 0.3 is 41.1 Å². The van der Waals surface area contributed by atoms with E-state index in [2.05, 4.69) is 539 Å². The van der Waals surface area contributed by atoms with Gasteiger partial charge in [-0.25, -0.2) is 0 Å². The van der Waals surface area contributed by atoms with Crippen molar-refractivity contribution in [3.8, 4) is 11.1 Å². The third-order valence-electron chi connectivity index (χ3n) is 28.1. The molecule has 0 atom stereocenters. The molecule has 0 spiro atoms. The van der Waals surface area contributed by atoms with Gasteiger partial charge in [0.1, 0.15) is 0 Å². The Balaban J connectivity index is 0.0000000851. The van der Waals surface area contributed by atoms with Crippen LogP contribution in [0, 0.1) is 0 Å². The van der Waals surface area contributed by atoms with Crippen molar-refractivity contribution < 1.29 is 0 Å². The van der Waals surface area contributed by atoms with Gasteiger partial charge in [0.2, 0.25) is 0 Å². The summed E-state index contributed by atoms with van der Waals surface area (Å²) in [6.45, 7) is 1.77. The molecule has 30 rings (SSSR count). The highest BCUT2D eigenvalue weighted by atomic mass is 15.1. The molecular weight excluding hydrogens is 1590 g/mol. The van der Waals surface area contributed by atoms with Crippen molar-refractivity contribution in [3.05, 3.63) is 507 Å². The van der Waals surface area contributed by atoms with E-state index in [-0.39, 0.29) is 13.7 Å². The Kier molecular flexibility index (Phi) is 19.5. The Morgan fingerprint density at radius 3 is 1.28 bits per heavy atom.